The van der Waals surface area contributed by atoms with Crippen LogP contribution in [-0.2, 0) is 20.0 Å². The number of nitrogens with two attached hydrogens (primary N) is 1. The fourth-order valence-electron chi connectivity index (χ4n) is 1.35. The minimum atomic E-state index is -0.129. The standard InChI is InChI=1S/C10H12N4O2/c1-14-10(12-6-13-14)4-8(15)9-3-2-7(5-11)16-9/h2-3,6H,4-5,11H2,1H3. The Morgan fingerprint density at radius 3 is 2.94 bits per heavy atom. The molecule has 0 atom stereocenters. The van der Waals surface area contributed by atoms with E-state index in [9.17, 15) is 4.79 Å². The second-order valence-electron chi connectivity index (χ2n) is 3.37. The molecular formula is C10H12N4O2. The van der Waals surface area contributed by atoms with Crippen molar-refractivity contribution in [3.05, 3.63) is 35.8 Å². The number of carbonyl (C=O) groups excluding carboxylic acids is 1. The molecule has 16 heavy (non-hydrogen) atoms. The van der Waals surface area contributed by atoms with Crippen molar-refractivity contribution in [1.29, 1.82) is 0 Å². The maximum absolute atomic E-state index is 11.8. The molecule has 0 unspecified atom stereocenters. The van der Waals surface area contributed by atoms with Crippen LogP contribution in [0.15, 0.2) is 22.9 Å². The summed E-state index contributed by atoms with van der Waals surface area (Å²) in [7, 11) is 1.74. The zero-order chi connectivity index (χ0) is 11.5. The summed E-state index contributed by atoms with van der Waals surface area (Å²) in [5, 5.41) is 3.89. The number of hydrogen-bond acceptors (Lipinski definition) is 5. The molecule has 0 aromatic carbocycles. The molecule has 2 N–H and O–H groups in total. The summed E-state index contributed by atoms with van der Waals surface area (Å²) in [6.45, 7) is 0.289. The summed E-state index contributed by atoms with van der Waals surface area (Å²) in [5.74, 6) is 1.39. The number of ketones is 1. The summed E-state index contributed by atoms with van der Waals surface area (Å²) in [4.78, 5) is 15.8. The van der Waals surface area contributed by atoms with E-state index < -0.39 is 0 Å². The summed E-state index contributed by atoms with van der Waals surface area (Å²) in [5.41, 5.74) is 5.39. The Balaban J connectivity index is 2.11. The molecule has 0 aliphatic heterocycles. The predicted octanol–water partition coefficient (Wildman–Crippen LogP) is 0.292. The number of aryl methyl sites for hydroxylation is 1. The number of carbonyl (C=O) groups is 1. The van der Waals surface area contributed by atoms with E-state index in [1.165, 1.54) is 6.33 Å². The average Bonchev–Trinajstić information content (AvgIpc) is 2.88. The molecular weight excluding hydrogens is 208 g/mol. The number of rotatable bonds is 4. The average molecular weight is 220 g/mol. The van der Waals surface area contributed by atoms with Gasteiger partial charge in [0.1, 0.15) is 17.9 Å². The number of nitrogens with zero attached hydrogens (tertiary/aromatic N) is 3. The van der Waals surface area contributed by atoms with E-state index in [2.05, 4.69) is 10.1 Å². The van der Waals surface area contributed by atoms with Gasteiger partial charge in [-0.05, 0) is 12.1 Å². The molecule has 2 rings (SSSR count). The van der Waals surface area contributed by atoms with Gasteiger partial charge in [0.25, 0.3) is 0 Å². The SMILES string of the molecule is Cn1ncnc1CC(=O)c1ccc(CN)o1. The maximum atomic E-state index is 11.8. The Bertz CT molecular complexity index is 500. The van der Waals surface area contributed by atoms with Crippen LogP contribution in [0, 0.1) is 0 Å². The van der Waals surface area contributed by atoms with Gasteiger partial charge < -0.3 is 10.2 Å². The Kier molecular flexibility index (Phi) is 2.82. The zero-order valence-corrected chi connectivity index (χ0v) is 8.88. The summed E-state index contributed by atoms with van der Waals surface area (Å²) >= 11 is 0. The number of furan rings is 1. The number of hydrogen-bond donors (Lipinski definition) is 1. The molecule has 2 heterocycles. The van der Waals surface area contributed by atoms with Crippen LogP contribution in [0.2, 0.25) is 0 Å². The smallest absolute Gasteiger partial charge is 0.205 e. The lowest BCUT2D eigenvalue weighted by atomic mass is 10.2. The topological polar surface area (TPSA) is 86.9 Å². The van der Waals surface area contributed by atoms with Gasteiger partial charge in [-0.15, -0.1) is 0 Å². The Hall–Kier alpha value is -1.95. The second-order valence-corrected chi connectivity index (χ2v) is 3.37. The monoisotopic (exact) mass is 220 g/mol. The third-order valence-corrected chi connectivity index (χ3v) is 2.26. The molecule has 0 radical (unpaired) electrons. The van der Waals surface area contributed by atoms with E-state index in [4.69, 9.17) is 10.2 Å². The lowest BCUT2D eigenvalue weighted by Gasteiger charge is -1.97. The highest BCUT2D eigenvalue weighted by atomic mass is 16.3. The van der Waals surface area contributed by atoms with Crippen molar-refractivity contribution in [2.45, 2.75) is 13.0 Å². The molecule has 2 aromatic rings. The largest absolute Gasteiger partial charge is 0.457 e. The summed E-state index contributed by atoms with van der Waals surface area (Å²) < 4.78 is 6.81. The van der Waals surface area contributed by atoms with Gasteiger partial charge >= 0.3 is 0 Å². The van der Waals surface area contributed by atoms with Crippen molar-refractivity contribution in [1.82, 2.24) is 14.8 Å². The van der Waals surface area contributed by atoms with Crippen LogP contribution in [0.4, 0.5) is 0 Å². The van der Waals surface area contributed by atoms with Crippen LogP contribution in [0.3, 0.4) is 0 Å². The molecule has 6 nitrogen and oxygen atoms in total. The lowest BCUT2D eigenvalue weighted by molar-refractivity contribution is 0.0961. The third kappa shape index (κ3) is 2.01. The quantitative estimate of drug-likeness (QED) is 0.748. The van der Waals surface area contributed by atoms with Gasteiger partial charge in [0.2, 0.25) is 5.78 Å². The minimum absolute atomic E-state index is 0.129. The van der Waals surface area contributed by atoms with Gasteiger partial charge in [-0.3, -0.25) is 9.48 Å². The predicted molar refractivity (Wildman–Crippen MR) is 55.6 cm³/mol. The molecule has 84 valence electrons. The molecule has 0 saturated carbocycles. The normalized spacial score (nSPS) is 10.6. The van der Waals surface area contributed by atoms with Gasteiger partial charge in [0.05, 0.1) is 13.0 Å². The molecule has 0 aliphatic carbocycles. The van der Waals surface area contributed by atoms with Gasteiger partial charge in [-0.25, -0.2) is 4.98 Å². The fraction of sp³-hybridized carbons (Fsp3) is 0.300. The first-order chi connectivity index (χ1) is 7.70. The number of aromatic nitrogens is 3. The van der Waals surface area contributed by atoms with Gasteiger partial charge in [0, 0.05) is 7.05 Å². The Morgan fingerprint density at radius 2 is 2.38 bits per heavy atom. The third-order valence-electron chi connectivity index (χ3n) is 2.26. The van der Waals surface area contributed by atoms with Crippen LogP contribution < -0.4 is 5.73 Å². The van der Waals surface area contributed by atoms with E-state index in [1.54, 1.807) is 23.9 Å². The van der Waals surface area contributed by atoms with Crippen molar-refractivity contribution in [3.8, 4) is 0 Å². The molecule has 0 spiro atoms. The van der Waals surface area contributed by atoms with Crippen molar-refractivity contribution >= 4 is 5.78 Å². The Labute approximate surface area is 92.1 Å². The molecule has 6 heteroatoms. The van der Waals surface area contributed by atoms with E-state index in [0.29, 0.717) is 17.3 Å². The van der Waals surface area contributed by atoms with Crippen LogP contribution in [0.5, 0.6) is 0 Å². The molecule has 2 aromatic heterocycles. The van der Waals surface area contributed by atoms with E-state index in [-0.39, 0.29) is 18.7 Å². The van der Waals surface area contributed by atoms with E-state index in [1.807, 2.05) is 0 Å². The van der Waals surface area contributed by atoms with Crippen LogP contribution >= 0.6 is 0 Å². The van der Waals surface area contributed by atoms with Gasteiger partial charge in [0.15, 0.2) is 5.76 Å². The van der Waals surface area contributed by atoms with Crippen molar-refractivity contribution in [2.75, 3.05) is 0 Å². The highest BCUT2D eigenvalue weighted by Gasteiger charge is 2.14. The minimum Gasteiger partial charge on any atom is -0.457 e. The van der Waals surface area contributed by atoms with Crippen LogP contribution in [0.1, 0.15) is 22.1 Å². The lowest BCUT2D eigenvalue weighted by Crippen LogP contribution is -2.08. The van der Waals surface area contributed by atoms with E-state index in [0.717, 1.165) is 0 Å². The molecule has 0 aliphatic rings. The van der Waals surface area contributed by atoms with Gasteiger partial charge in [-0.2, -0.15) is 5.10 Å². The number of Topliss-reactive ketones (excluding diaryl/α,β-unsaturated/α-hetero) is 1. The van der Waals surface area contributed by atoms with Crippen molar-refractivity contribution < 1.29 is 9.21 Å². The highest BCUT2D eigenvalue weighted by Crippen LogP contribution is 2.10. The second kappa shape index (κ2) is 4.28. The molecule has 0 saturated heterocycles. The highest BCUT2D eigenvalue weighted by molar-refractivity contribution is 5.94. The maximum Gasteiger partial charge on any atom is 0.205 e. The van der Waals surface area contributed by atoms with Crippen molar-refractivity contribution in [2.24, 2.45) is 12.8 Å². The van der Waals surface area contributed by atoms with Crippen LogP contribution in [-0.4, -0.2) is 20.5 Å². The molecule has 0 bridgehead atoms. The fourth-order valence-corrected chi connectivity index (χ4v) is 1.35. The molecule has 0 fully saturated rings. The molecule has 0 amide bonds. The zero-order valence-electron chi connectivity index (χ0n) is 8.88. The van der Waals surface area contributed by atoms with E-state index >= 15 is 0 Å². The van der Waals surface area contributed by atoms with Crippen LogP contribution in [0.25, 0.3) is 0 Å². The summed E-state index contributed by atoms with van der Waals surface area (Å²) in [6, 6.07) is 3.32. The summed E-state index contributed by atoms with van der Waals surface area (Å²) in [6.07, 6.45) is 1.59. The van der Waals surface area contributed by atoms with Gasteiger partial charge in [-0.1, -0.05) is 0 Å². The first-order valence-corrected chi connectivity index (χ1v) is 4.85. The first kappa shape index (κ1) is 10.6. The Morgan fingerprint density at radius 1 is 1.56 bits per heavy atom. The first-order valence-electron chi connectivity index (χ1n) is 4.85. The van der Waals surface area contributed by atoms with Crippen molar-refractivity contribution in [3.63, 3.8) is 0 Å².